The van der Waals surface area contributed by atoms with Crippen molar-refractivity contribution in [1.29, 1.82) is 0 Å². The van der Waals surface area contributed by atoms with Crippen molar-refractivity contribution in [3.63, 3.8) is 0 Å². The summed E-state index contributed by atoms with van der Waals surface area (Å²) in [5.41, 5.74) is -0.507. The van der Waals surface area contributed by atoms with Gasteiger partial charge >= 0.3 is 5.97 Å². The summed E-state index contributed by atoms with van der Waals surface area (Å²) in [6.07, 6.45) is 3.97. The Morgan fingerprint density at radius 1 is 1.54 bits per heavy atom. The van der Waals surface area contributed by atoms with Gasteiger partial charge in [-0.3, -0.25) is 4.79 Å². The fourth-order valence-corrected chi connectivity index (χ4v) is 1.82. The van der Waals surface area contributed by atoms with Crippen molar-refractivity contribution in [2.24, 2.45) is 5.92 Å². The predicted molar refractivity (Wildman–Crippen MR) is 49.2 cm³/mol. The first kappa shape index (κ1) is 10.5. The van der Waals surface area contributed by atoms with Crippen LogP contribution >= 0.6 is 0 Å². The van der Waals surface area contributed by atoms with Crippen LogP contribution in [0.5, 0.6) is 0 Å². The van der Waals surface area contributed by atoms with E-state index < -0.39 is 5.60 Å². The SMILES string of the molecule is COC(=O)CC1CCC(C)(O)CC1. The molecule has 0 atom stereocenters. The molecular formula is C10H18O3. The minimum absolute atomic E-state index is 0.133. The van der Waals surface area contributed by atoms with Crippen molar-refractivity contribution in [2.75, 3.05) is 7.11 Å². The molecule has 0 amide bonds. The number of esters is 1. The molecule has 1 N–H and O–H groups in total. The lowest BCUT2D eigenvalue weighted by Crippen LogP contribution is -2.31. The predicted octanol–water partition coefficient (Wildman–Crippen LogP) is 1.49. The third kappa shape index (κ3) is 3.35. The molecule has 1 aliphatic rings. The average Bonchev–Trinajstić information content (AvgIpc) is 2.08. The molecule has 3 nitrogen and oxygen atoms in total. The zero-order chi connectivity index (χ0) is 9.90. The van der Waals surface area contributed by atoms with E-state index in [4.69, 9.17) is 0 Å². The zero-order valence-corrected chi connectivity index (χ0v) is 8.38. The summed E-state index contributed by atoms with van der Waals surface area (Å²) in [7, 11) is 1.42. The van der Waals surface area contributed by atoms with E-state index in [1.807, 2.05) is 6.92 Å². The summed E-state index contributed by atoms with van der Waals surface area (Å²) in [5, 5.41) is 9.67. The van der Waals surface area contributed by atoms with Crippen LogP contribution in [-0.4, -0.2) is 23.8 Å². The second kappa shape index (κ2) is 4.09. The number of ether oxygens (including phenoxy) is 1. The highest BCUT2D eigenvalue weighted by atomic mass is 16.5. The number of methoxy groups -OCH3 is 1. The first-order valence-corrected chi connectivity index (χ1v) is 4.83. The van der Waals surface area contributed by atoms with Crippen LogP contribution in [0.4, 0.5) is 0 Å². The van der Waals surface area contributed by atoms with Gasteiger partial charge in [-0.2, -0.15) is 0 Å². The number of rotatable bonds is 2. The monoisotopic (exact) mass is 186 g/mol. The first-order chi connectivity index (χ1) is 6.03. The topological polar surface area (TPSA) is 46.5 Å². The molecule has 1 aliphatic carbocycles. The van der Waals surface area contributed by atoms with Crippen LogP contribution in [0.2, 0.25) is 0 Å². The fraction of sp³-hybridized carbons (Fsp3) is 0.900. The lowest BCUT2D eigenvalue weighted by atomic mass is 9.79. The van der Waals surface area contributed by atoms with Gasteiger partial charge in [-0.1, -0.05) is 0 Å². The Morgan fingerprint density at radius 2 is 2.08 bits per heavy atom. The Morgan fingerprint density at radius 3 is 2.54 bits per heavy atom. The van der Waals surface area contributed by atoms with Crippen molar-refractivity contribution in [2.45, 2.75) is 44.6 Å². The van der Waals surface area contributed by atoms with Crippen LogP contribution < -0.4 is 0 Å². The maximum absolute atomic E-state index is 11.0. The van der Waals surface area contributed by atoms with Gasteiger partial charge in [0.15, 0.2) is 0 Å². The minimum atomic E-state index is -0.507. The molecular weight excluding hydrogens is 168 g/mol. The molecule has 0 heterocycles. The number of carbonyl (C=O) groups is 1. The molecule has 0 aromatic heterocycles. The number of carbonyl (C=O) groups excluding carboxylic acids is 1. The van der Waals surface area contributed by atoms with Gasteiger partial charge < -0.3 is 9.84 Å². The molecule has 0 aromatic carbocycles. The van der Waals surface area contributed by atoms with Gasteiger partial charge in [-0.25, -0.2) is 0 Å². The van der Waals surface area contributed by atoms with Gasteiger partial charge in [0.1, 0.15) is 0 Å². The largest absolute Gasteiger partial charge is 0.469 e. The van der Waals surface area contributed by atoms with Crippen molar-refractivity contribution >= 4 is 5.97 Å². The molecule has 13 heavy (non-hydrogen) atoms. The van der Waals surface area contributed by atoms with Crippen LogP contribution in [0.1, 0.15) is 39.0 Å². The van der Waals surface area contributed by atoms with Gasteiger partial charge in [0.05, 0.1) is 12.7 Å². The molecule has 1 fully saturated rings. The molecule has 0 radical (unpaired) electrons. The van der Waals surface area contributed by atoms with Crippen LogP contribution in [0.15, 0.2) is 0 Å². The Labute approximate surface area is 79.1 Å². The highest BCUT2D eigenvalue weighted by Crippen LogP contribution is 2.33. The quantitative estimate of drug-likeness (QED) is 0.665. The van der Waals surface area contributed by atoms with Crippen molar-refractivity contribution in [3.05, 3.63) is 0 Å². The summed E-state index contributed by atoms with van der Waals surface area (Å²) >= 11 is 0. The number of hydrogen-bond acceptors (Lipinski definition) is 3. The minimum Gasteiger partial charge on any atom is -0.469 e. The zero-order valence-electron chi connectivity index (χ0n) is 8.38. The lowest BCUT2D eigenvalue weighted by molar-refractivity contribution is -0.142. The third-order valence-electron chi connectivity index (χ3n) is 2.87. The Kier molecular flexibility index (Phi) is 3.31. The number of hydrogen-bond donors (Lipinski definition) is 1. The maximum atomic E-state index is 11.0. The van der Waals surface area contributed by atoms with Crippen molar-refractivity contribution in [1.82, 2.24) is 0 Å². The lowest BCUT2D eigenvalue weighted by Gasteiger charge is -2.32. The van der Waals surface area contributed by atoms with Crippen LogP contribution in [0.3, 0.4) is 0 Å². The molecule has 0 unspecified atom stereocenters. The second-order valence-corrected chi connectivity index (χ2v) is 4.22. The second-order valence-electron chi connectivity index (χ2n) is 4.22. The van der Waals surface area contributed by atoms with E-state index in [2.05, 4.69) is 4.74 Å². The van der Waals surface area contributed by atoms with E-state index in [1.165, 1.54) is 7.11 Å². The van der Waals surface area contributed by atoms with E-state index in [0.29, 0.717) is 12.3 Å². The van der Waals surface area contributed by atoms with Gasteiger partial charge in [-0.15, -0.1) is 0 Å². The van der Waals surface area contributed by atoms with Crippen LogP contribution in [0.25, 0.3) is 0 Å². The molecule has 0 saturated heterocycles. The van der Waals surface area contributed by atoms with E-state index in [-0.39, 0.29) is 5.97 Å². The summed E-state index contributed by atoms with van der Waals surface area (Å²) in [4.78, 5) is 11.0. The standard InChI is InChI=1S/C10H18O3/c1-10(12)5-3-8(4-6-10)7-9(11)13-2/h8,12H,3-7H2,1-2H3. The van der Waals surface area contributed by atoms with E-state index in [9.17, 15) is 9.90 Å². The van der Waals surface area contributed by atoms with E-state index in [0.717, 1.165) is 25.7 Å². The Balaban J connectivity index is 2.29. The molecule has 76 valence electrons. The normalized spacial score (nSPS) is 34.2. The van der Waals surface area contributed by atoms with Crippen molar-refractivity contribution in [3.8, 4) is 0 Å². The molecule has 0 bridgehead atoms. The Hall–Kier alpha value is -0.570. The molecule has 1 saturated carbocycles. The van der Waals surface area contributed by atoms with Gasteiger partial charge in [-0.05, 0) is 38.5 Å². The van der Waals surface area contributed by atoms with Gasteiger partial charge in [0, 0.05) is 6.42 Å². The van der Waals surface area contributed by atoms with Gasteiger partial charge in [0.25, 0.3) is 0 Å². The third-order valence-corrected chi connectivity index (χ3v) is 2.87. The molecule has 0 aromatic rings. The molecule has 0 aliphatic heterocycles. The van der Waals surface area contributed by atoms with Gasteiger partial charge in [0.2, 0.25) is 0 Å². The molecule has 1 rings (SSSR count). The van der Waals surface area contributed by atoms with E-state index >= 15 is 0 Å². The highest BCUT2D eigenvalue weighted by molar-refractivity contribution is 5.69. The Bertz CT molecular complexity index is 177. The van der Waals surface area contributed by atoms with E-state index in [1.54, 1.807) is 0 Å². The summed E-state index contributed by atoms with van der Waals surface area (Å²) in [6.45, 7) is 1.86. The first-order valence-electron chi connectivity index (χ1n) is 4.83. The molecule has 3 heteroatoms. The average molecular weight is 186 g/mol. The summed E-state index contributed by atoms with van der Waals surface area (Å²) < 4.78 is 4.60. The summed E-state index contributed by atoms with van der Waals surface area (Å²) in [6, 6.07) is 0. The molecule has 0 spiro atoms. The van der Waals surface area contributed by atoms with Crippen LogP contribution in [0, 0.1) is 5.92 Å². The number of aliphatic hydroxyl groups is 1. The van der Waals surface area contributed by atoms with Crippen molar-refractivity contribution < 1.29 is 14.6 Å². The smallest absolute Gasteiger partial charge is 0.305 e. The maximum Gasteiger partial charge on any atom is 0.305 e. The highest BCUT2D eigenvalue weighted by Gasteiger charge is 2.29. The van der Waals surface area contributed by atoms with Crippen LogP contribution in [-0.2, 0) is 9.53 Å². The summed E-state index contributed by atoms with van der Waals surface area (Å²) in [5.74, 6) is 0.277. The fourth-order valence-electron chi connectivity index (χ4n) is 1.82.